The number of hydrogen-bond acceptors (Lipinski definition) is 7. The molecule has 0 bridgehead atoms. The molecule has 2 heterocycles. The minimum Gasteiger partial charge on any atom is -0.411 e. The second-order valence-electron chi connectivity index (χ2n) is 6.87. The predicted molar refractivity (Wildman–Crippen MR) is 125 cm³/mol. The Morgan fingerprint density at radius 3 is 2.77 bits per heavy atom. The quantitative estimate of drug-likeness (QED) is 0.302. The number of anilines is 2. The summed E-state index contributed by atoms with van der Waals surface area (Å²) in [6, 6.07) is 13.2. The summed E-state index contributed by atoms with van der Waals surface area (Å²) >= 11 is 8.85. The molecule has 4 rings (SSSR count). The number of aromatic nitrogens is 3. The van der Waals surface area contributed by atoms with Crippen LogP contribution in [0.1, 0.15) is 23.7 Å². The zero-order chi connectivity index (χ0) is 22.0. The van der Waals surface area contributed by atoms with Crippen LogP contribution in [0.3, 0.4) is 0 Å². The topological polar surface area (TPSA) is 72.1 Å². The van der Waals surface area contributed by atoms with E-state index in [2.05, 4.69) is 15.2 Å². The first-order valence-corrected chi connectivity index (χ1v) is 11.7. The van der Waals surface area contributed by atoms with E-state index in [1.165, 1.54) is 23.1 Å². The zero-order valence-electron chi connectivity index (χ0n) is 17.1. The van der Waals surface area contributed by atoms with Crippen molar-refractivity contribution in [1.29, 1.82) is 0 Å². The summed E-state index contributed by atoms with van der Waals surface area (Å²) < 4.78 is 5.73. The van der Waals surface area contributed by atoms with Crippen LogP contribution in [0.5, 0.6) is 0 Å². The van der Waals surface area contributed by atoms with Gasteiger partial charge in [-0.25, -0.2) is 4.98 Å². The molecule has 0 aliphatic carbocycles. The molecule has 4 aromatic rings. The molecule has 0 atom stereocenters. The third-order valence-corrected chi connectivity index (χ3v) is 6.65. The number of carbonyl (C=O) groups is 1. The van der Waals surface area contributed by atoms with E-state index in [9.17, 15) is 4.79 Å². The molecular formula is C22H19ClN4O2S2. The smallest absolute Gasteiger partial charge is 0.277 e. The van der Waals surface area contributed by atoms with E-state index in [4.69, 9.17) is 16.0 Å². The fraction of sp³-hybridized carbons (Fsp3) is 0.182. The molecule has 9 heteroatoms. The van der Waals surface area contributed by atoms with Gasteiger partial charge in [0.15, 0.2) is 5.13 Å². The highest BCUT2D eigenvalue weighted by Crippen LogP contribution is 2.34. The lowest BCUT2D eigenvalue weighted by Crippen LogP contribution is -2.23. The summed E-state index contributed by atoms with van der Waals surface area (Å²) in [4.78, 5) is 18.7. The van der Waals surface area contributed by atoms with Crippen LogP contribution in [0.4, 0.5) is 10.8 Å². The van der Waals surface area contributed by atoms with Gasteiger partial charge in [-0.05, 0) is 49.2 Å². The Balaban J connectivity index is 1.49. The monoisotopic (exact) mass is 470 g/mol. The van der Waals surface area contributed by atoms with Crippen molar-refractivity contribution in [3.05, 3.63) is 69.7 Å². The van der Waals surface area contributed by atoms with Gasteiger partial charge in [-0.2, -0.15) is 0 Å². The summed E-state index contributed by atoms with van der Waals surface area (Å²) in [6.45, 7) is 5.59. The van der Waals surface area contributed by atoms with Crippen LogP contribution in [0, 0.1) is 13.8 Å². The summed E-state index contributed by atoms with van der Waals surface area (Å²) in [6.07, 6.45) is 0. The maximum atomic E-state index is 12.4. The first-order chi connectivity index (χ1) is 14.9. The number of benzene rings is 2. The van der Waals surface area contributed by atoms with Crippen LogP contribution >= 0.6 is 34.7 Å². The minimum atomic E-state index is -0.0784. The standard InChI is InChI=1S/C22H19ClN4O2S2/c1-13-6-4-9-19(14(13)2)27(15(3)28)21-24-18(11-30-21)12-31-22-26-25-20(29-22)16-7-5-8-17(23)10-16/h4-11H,12H2,1-3H3. The number of amides is 1. The minimum absolute atomic E-state index is 0.0784. The molecule has 0 aliphatic heterocycles. The van der Waals surface area contributed by atoms with Gasteiger partial charge in [0.05, 0.1) is 11.4 Å². The Labute approximate surface area is 193 Å². The Kier molecular flexibility index (Phi) is 6.41. The van der Waals surface area contributed by atoms with Crippen molar-refractivity contribution in [3.8, 4) is 11.5 Å². The van der Waals surface area contributed by atoms with Crippen LogP contribution in [-0.4, -0.2) is 21.1 Å². The fourth-order valence-corrected chi connectivity index (χ4v) is 4.82. The molecule has 6 nitrogen and oxygen atoms in total. The number of hydrogen-bond donors (Lipinski definition) is 0. The van der Waals surface area contributed by atoms with Gasteiger partial charge in [-0.3, -0.25) is 9.69 Å². The number of aryl methyl sites for hydroxylation is 1. The van der Waals surface area contributed by atoms with Gasteiger partial charge in [0.2, 0.25) is 11.8 Å². The molecule has 2 aromatic heterocycles. The second kappa shape index (κ2) is 9.21. The van der Waals surface area contributed by atoms with E-state index in [1.54, 1.807) is 24.0 Å². The van der Waals surface area contributed by atoms with Gasteiger partial charge in [-0.15, -0.1) is 21.5 Å². The van der Waals surface area contributed by atoms with Crippen molar-refractivity contribution >= 4 is 51.4 Å². The maximum absolute atomic E-state index is 12.4. The molecule has 2 aromatic carbocycles. The molecule has 158 valence electrons. The molecular weight excluding hydrogens is 452 g/mol. The third kappa shape index (κ3) is 4.81. The van der Waals surface area contributed by atoms with E-state index in [1.807, 2.05) is 49.6 Å². The normalized spacial score (nSPS) is 11.0. The highest BCUT2D eigenvalue weighted by molar-refractivity contribution is 7.98. The molecule has 0 aliphatic rings. The molecule has 0 saturated carbocycles. The van der Waals surface area contributed by atoms with Crippen LogP contribution in [-0.2, 0) is 10.5 Å². The van der Waals surface area contributed by atoms with Gasteiger partial charge in [0, 0.05) is 28.6 Å². The van der Waals surface area contributed by atoms with Crippen molar-refractivity contribution in [1.82, 2.24) is 15.2 Å². The van der Waals surface area contributed by atoms with Crippen molar-refractivity contribution in [2.75, 3.05) is 4.90 Å². The molecule has 0 fully saturated rings. The summed E-state index contributed by atoms with van der Waals surface area (Å²) in [7, 11) is 0. The third-order valence-electron chi connectivity index (χ3n) is 4.68. The zero-order valence-corrected chi connectivity index (χ0v) is 19.5. The lowest BCUT2D eigenvalue weighted by molar-refractivity contribution is -0.115. The summed E-state index contributed by atoms with van der Waals surface area (Å²) in [5.41, 5.74) is 4.65. The number of thiazole rings is 1. The number of carbonyl (C=O) groups excluding carboxylic acids is 1. The van der Waals surface area contributed by atoms with E-state index in [0.717, 1.165) is 28.1 Å². The van der Waals surface area contributed by atoms with Crippen molar-refractivity contribution < 1.29 is 9.21 Å². The molecule has 0 saturated heterocycles. The van der Waals surface area contributed by atoms with E-state index >= 15 is 0 Å². The lowest BCUT2D eigenvalue weighted by Gasteiger charge is -2.21. The number of thioether (sulfide) groups is 1. The van der Waals surface area contributed by atoms with E-state index in [-0.39, 0.29) is 5.91 Å². The highest BCUT2D eigenvalue weighted by atomic mass is 35.5. The Morgan fingerprint density at radius 1 is 1.19 bits per heavy atom. The van der Waals surface area contributed by atoms with Gasteiger partial charge in [-0.1, -0.05) is 41.6 Å². The molecule has 0 radical (unpaired) electrons. The number of halogens is 1. The number of nitrogens with zero attached hydrogens (tertiary/aromatic N) is 4. The SMILES string of the molecule is CC(=O)N(c1nc(CSc2nnc(-c3cccc(Cl)c3)o2)cs1)c1cccc(C)c1C. The first-order valence-electron chi connectivity index (χ1n) is 9.46. The van der Waals surface area contributed by atoms with Crippen LogP contribution < -0.4 is 4.90 Å². The maximum Gasteiger partial charge on any atom is 0.277 e. The van der Waals surface area contributed by atoms with Crippen LogP contribution in [0.2, 0.25) is 5.02 Å². The Morgan fingerprint density at radius 2 is 2.00 bits per heavy atom. The Bertz CT molecular complexity index is 1240. The average molecular weight is 471 g/mol. The molecule has 0 spiro atoms. The molecule has 0 unspecified atom stereocenters. The van der Waals surface area contributed by atoms with E-state index < -0.39 is 0 Å². The molecule has 0 N–H and O–H groups in total. The molecule has 1 amide bonds. The first kappa shape index (κ1) is 21.5. The highest BCUT2D eigenvalue weighted by Gasteiger charge is 2.20. The van der Waals surface area contributed by atoms with Gasteiger partial charge in [0.1, 0.15) is 0 Å². The number of rotatable bonds is 6. The average Bonchev–Trinajstić information content (AvgIpc) is 3.39. The summed E-state index contributed by atoms with van der Waals surface area (Å²) in [5.74, 6) is 0.888. The van der Waals surface area contributed by atoms with Crippen LogP contribution in [0.15, 0.2) is 57.5 Å². The van der Waals surface area contributed by atoms with Crippen molar-refractivity contribution in [3.63, 3.8) is 0 Å². The second-order valence-corrected chi connectivity index (χ2v) is 9.07. The fourth-order valence-electron chi connectivity index (χ4n) is 2.99. The predicted octanol–water partition coefficient (Wildman–Crippen LogP) is 6.44. The summed E-state index contributed by atoms with van der Waals surface area (Å²) in [5, 5.41) is 11.8. The molecule has 31 heavy (non-hydrogen) atoms. The van der Waals surface area contributed by atoms with Crippen molar-refractivity contribution in [2.45, 2.75) is 31.7 Å². The van der Waals surface area contributed by atoms with Gasteiger partial charge >= 0.3 is 0 Å². The Hall–Kier alpha value is -2.68. The van der Waals surface area contributed by atoms with Gasteiger partial charge < -0.3 is 4.42 Å². The van der Waals surface area contributed by atoms with E-state index in [0.29, 0.717) is 27.0 Å². The van der Waals surface area contributed by atoms with Gasteiger partial charge in [0.25, 0.3) is 5.22 Å². The largest absolute Gasteiger partial charge is 0.411 e. The lowest BCUT2D eigenvalue weighted by atomic mass is 10.1. The van der Waals surface area contributed by atoms with Crippen molar-refractivity contribution in [2.24, 2.45) is 0 Å². The van der Waals surface area contributed by atoms with Crippen LogP contribution in [0.25, 0.3) is 11.5 Å².